The second-order valence-electron chi connectivity index (χ2n) is 7.66. The monoisotopic (exact) mass is 254 g/mol. The van der Waals surface area contributed by atoms with Crippen LogP contribution in [0.25, 0.3) is 0 Å². The number of piperidine rings is 1. The van der Waals surface area contributed by atoms with Crippen LogP contribution in [0.4, 0.5) is 0 Å². The summed E-state index contributed by atoms with van der Waals surface area (Å²) in [5, 5.41) is 6.55. The van der Waals surface area contributed by atoms with Crippen LogP contribution in [0.2, 0.25) is 0 Å². The predicted octanol–water partition coefficient (Wildman–Crippen LogP) is 2.71. The molecule has 0 aliphatic carbocycles. The molecule has 1 amide bonds. The standard InChI is InChI=1S/C15H30N2O/c1-11-8-7-9-16-12(11)13(18)17-15(5,6)10-14(2,3)4/h11-12,16H,7-10H2,1-6H3,(H,17,18). The molecule has 2 unspecified atom stereocenters. The highest BCUT2D eigenvalue weighted by molar-refractivity contribution is 5.82. The first-order valence-corrected chi connectivity index (χ1v) is 7.16. The van der Waals surface area contributed by atoms with E-state index in [9.17, 15) is 4.79 Å². The number of hydrogen-bond acceptors (Lipinski definition) is 2. The molecular weight excluding hydrogens is 224 g/mol. The molecule has 0 spiro atoms. The second-order valence-corrected chi connectivity index (χ2v) is 7.66. The van der Waals surface area contributed by atoms with Gasteiger partial charge >= 0.3 is 0 Å². The highest BCUT2D eigenvalue weighted by atomic mass is 16.2. The average Bonchev–Trinajstić information content (AvgIpc) is 2.12. The molecule has 2 N–H and O–H groups in total. The van der Waals surface area contributed by atoms with Crippen molar-refractivity contribution in [3.05, 3.63) is 0 Å². The van der Waals surface area contributed by atoms with Crippen LogP contribution in [0.15, 0.2) is 0 Å². The first-order valence-electron chi connectivity index (χ1n) is 7.16. The lowest BCUT2D eigenvalue weighted by atomic mass is 9.81. The fourth-order valence-electron chi connectivity index (χ4n) is 3.18. The zero-order chi connectivity index (χ0) is 14.0. The van der Waals surface area contributed by atoms with E-state index in [0.29, 0.717) is 5.92 Å². The molecule has 18 heavy (non-hydrogen) atoms. The third-order valence-corrected chi connectivity index (χ3v) is 3.49. The van der Waals surface area contributed by atoms with Crippen LogP contribution < -0.4 is 10.6 Å². The zero-order valence-electron chi connectivity index (χ0n) is 12.9. The maximum Gasteiger partial charge on any atom is 0.237 e. The van der Waals surface area contributed by atoms with Gasteiger partial charge in [-0.15, -0.1) is 0 Å². The molecule has 0 aromatic rings. The van der Waals surface area contributed by atoms with E-state index in [1.165, 1.54) is 6.42 Å². The number of hydrogen-bond donors (Lipinski definition) is 2. The summed E-state index contributed by atoms with van der Waals surface area (Å²) in [6.07, 6.45) is 3.30. The molecule has 0 saturated carbocycles. The van der Waals surface area contributed by atoms with Gasteiger partial charge in [-0.2, -0.15) is 0 Å². The fourth-order valence-corrected chi connectivity index (χ4v) is 3.18. The summed E-state index contributed by atoms with van der Waals surface area (Å²) in [6.45, 7) is 14.0. The molecule has 2 atom stereocenters. The van der Waals surface area contributed by atoms with Gasteiger partial charge in [0, 0.05) is 5.54 Å². The summed E-state index contributed by atoms with van der Waals surface area (Å²) < 4.78 is 0. The Bertz CT molecular complexity index is 291. The van der Waals surface area contributed by atoms with Gasteiger partial charge in [0.25, 0.3) is 0 Å². The van der Waals surface area contributed by atoms with E-state index < -0.39 is 0 Å². The van der Waals surface area contributed by atoms with Crippen molar-refractivity contribution in [2.75, 3.05) is 6.54 Å². The summed E-state index contributed by atoms with van der Waals surface area (Å²) >= 11 is 0. The number of nitrogens with one attached hydrogen (secondary N) is 2. The predicted molar refractivity (Wildman–Crippen MR) is 76.5 cm³/mol. The van der Waals surface area contributed by atoms with E-state index in [2.05, 4.69) is 52.2 Å². The van der Waals surface area contributed by atoms with Crippen LogP contribution in [0.3, 0.4) is 0 Å². The maximum atomic E-state index is 12.3. The Labute approximate surface area is 112 Å². The van der Waals surface area contributed by atoms with Crippen molar-refractivity contribution >= 4 is 5.91 Å². The van der Waals surface area contributed by atoms with Gasteiger partial charge < -0.3 is 10.6 Å². The molecule has 1 fully saturated rings. The van der Waals surface area contributed by atoms with Gasteiger partial charge in [-0.25, -0.2) is 0 Å². The third-order valence-electron chi connectivity index (χ3n) is 3.49. The van der Waals surface area contributed by atoms with Crippen molar-refractivity contribution in [2.45, 2.75) is 72.4 Å². The SMILES string of the molecule is CC1CCCNC1C(=O)NC(C)(C)CC(C)(C)C. The Balaban J connectivity index is 2.57. The van der Waals surface area contributed by atoms with Crippen molar-refractivity contribution in [1.29, 1.82) is 0 Å². The number of rotatable bonds is 3. The summed E-state index contributed by atoms with van der Waals surface area (Å²) in [5.41, 5.74) is 0.0799. The van der Waals surface area contributed by atoms with Crippen molar-refractivity contribution in [2.24, 2.45) is 11.3 Å². The van der Waals surface area contributed by atoms with Crippen LogP contribution in [0, 0.1) is 11.3 Å². The van der Waals surface area contributed by atoms with E-state index >= 15 is 0 Å². The van der Waals surface area contributed by atoms with E-state index in [0.717, 1.165) is 19.4 Å². The van der Waals surface area contributed by atoms with Crippen molar-refractivity contribution in [1.82, 2.24) is 10.6 Å². The minimum Gasteiger partial charge on any atom is -0.350 e. The lowest BCUT2D eigenvalue weighted by Crippen LogP contribution is -2.56. The van der Waals surface area contributed by atoms with Crippen molar-refractivity contribution < 1.29 is 4.79 Å². The molecule has 3 nitrogen and oxygen atoms in total. The molecule has 0 radical (unpaired) electrons. The molecule has 3 heteroatoms. The first kappa shape index (κ1) is 15.5. The van der Waals surface area contributed by atoms with E-state index in [4.69, 9.17) is 0 Å². The Morgan fingerprint density at radius 3 is 2.39 bits per heavy atom. The van der Waals surface area contributed by atoms with Gasteiger partial charge in [-0.1, -0.05) is 27.7 Å². The highest BCUT2D eigenvalue weighted by Gasteiger charge is 2.32. The smallest absolute Gasteiger partial charge is 0.237 e. The van der Waals surface area contributed by atoms with Crippen LogP contribution >= 0.6 is 0 Å². The Morgan fingerprint density at radius 2 is 1.89 bits per heavy atom. The van der Waals surface area contributed by atoms with Crippen LogP contribution in [-0.2, 0) is 4.79 Å². The molecule has 106 valence electrons. The topological polar surface area (TPSA) is 41.1 Å². The van der Waals surface area contributed by atoms with E-state index in [1.54, 1.807) is 0 Å². The van der Waals surface area contributed by atoms with E-state index in [-0.39, 0.29) is 22.9 Å². The quantitative estimate of drug-likeness (QED) is 0.813. The second kappa shape index (κ2) is 5.60. The summed E-state index contributed by atoms with van der Waals surface area (Å²) in [6, 6.07) is -0.0157. The molecule has 1 aliphatic heterocycles. The van der Waals surface area contributed by atoms with Crippen molar-refractivity contribution in [3.8, 4) is 0 Å². The Hall–Kier alpha value is -0.570. The first-order chi connectivity index (χ1) is 8.11. The minimum absolute atomic E-state index is 0.0157. The molecule has 1 heterocycles. The fraction of sp³-hybridized carbons (Fsp3) is 0.933. The molecule has 0 aromatic carbocycles. The van der Waals surface area contributed by atoms with Gasteiger partial charge in [0.15, 0.2) is 0 Å². The van der Waals surface area contributed by atoms with Crippen LogP contribution in [-0.4, -0.2) is 24.0 Å². The summed E-state index contributed by atoms with van der Waals surface area (Å²) in [4.78, 5) is 12.3. The van der Waals surface area contributed by atoms with Gasteiger partial charge in [0.2, 0.25) is 5.91 Å². The normalized spacial score (nSPS) is 25.9. The van der Waals surface area contributed by atoms with Crippen molar-refractivity contribution in [3.63, 3.8) is 0 Å². The lowest BCUT2D eigenvalue weighted by molar-refractivity contribution is -0.126. The Kier molecular flexibility index (Phi) is 4.82. The van der Waals surface area contributed by atoms with E-state index in [1.807, 2.05) is 0 Å². The molecule has 0 bridgehead atoms. The van der Waals surface area contributed by atoms with Gasteiger partial charge in [-0.05, 0) is 51.0 Å². The van der Waals surface area contributed by atoms with Gasteiger partial charge in [-0.3, -0.25) is 4.79 Å². The highest BCUT2D eigenvalue weighted by Crippen LogP contribution is 2.27. The zero-order valence-corrected chi connectivity index (χ0v) is 12.9. The number of amides is 1. The lowest BCUT2D eigenvalue weighted by Gasteiger charge is -2.36. The molecule has 1 aliphatic rings. The number of carbonyl (C=O) groups is 1. The van der Waals surface area contributed by atoms with Gasteiger partial charge in [0.1, 0.15) is 0 Å². The Morgan fingerprint density at radius 1 is 1.28 bits per heavy atom. The molecular formula is C15H30N2O. The maximum absolute atomic E-state index is 12.3. The average molecular weight is 254 g/mol. The number of carbonyl (C=O) groups excluding carboxylic acids is 1. The molecule has 1 saturated heterocycles. The van der Waals surface area contributed by atoms with Crippen LogP contribution in [0.5, 0.6) is 0 Å². The van der Waals surface area contributed by atoms with Gasteiger partial charge in [0.05, 0.1) is 6.04 Å². The largest absolute Gasteiger partial charge is 0.350 e. The molecule has 0 aromatic heterocycles. The molecule has 1 rings (SSSR count). The summed E-state index contributed by atoms with van der Waals surface area (Å²) in [5.74, 6) is 0.598. The minimum atomic E-state index is -0.145. The summed E-state index contributed by atoms with van der Waals surface area (Å²) in [7, 11) is 0. The van der Waals surface area contributed by atoms with Crippen LogP contribution in [0.1, 0.15) is 60.8 Å². The third kappa shape index (κ3) is 4.97.